The number of nitrogens with zero attached hydrogens (tertiary/aromatic N) is 3. The van der Waals surface area contributed by atoms with Gasteiger partial charge in [-0.05, 0) is 30.2 Å². The first-order chi connectivity index (χ1) is 12.1. The third kappa shape index (κ3) is 2.89. The second kappa shape index (κ2) is 6.29. The first-order valence-electron chi connectivity index (χ1n) is 8.35. The van der Waals surface area contributed by atoms with E-state index in [1.54, 1.807) is 23.2 Å². The Balaban J connectivity index is 1.61. The molecule has 1 amide bonds. The highest BCUT2D eigenvalue weighted by atomic mass is 19.1. The van der Waals surface area contributed by atoms with Gasteiger partial charge in [0.2, 0.25) is 5.95 Å². The average Bonchev–Trinajstić information content (AvgIpc) is 2.98. The molecule has 0 spiro atoms. The molecule has 128 valence electrons. The number of nitrogens with one attached hydrogen (secondary N) is 1. The second-order valence-corrected chi connectivity index (χ2v) is 6.35. The summed E-state index contributed by atoms with van der Waals surface area (Å²) >= 11 is 0. The van der Waals surface area contributed by atoms with Crippen molar-refractivity contribution in [1.82, 2.24) is 19.6 Å². The number of pyridine rings is 1. The predicted molar refractivity (Wildman–Crippen MR) is 93.0 cm³/mol. The van der Waals surface area contributed by atoms with Gasteiger partial charge in [-0.25, -0.2) is 4.98 Å². The van der Waals surface area contributed by atoms with Gasteiger partial charge >= 0.3 is 0 Å². The van der Waals surface area contributed by atoms with Crippen molar-refractivity contribution < 1.29 is 9.18 Å². The van der Waals surface area contributed by atoms with Crippen LogP contribution in [0.4, 0.5) is 4.39 Å². The summed E-state index contributed by atoms with van der Waals surface area (Å²) in [6, 6.07) is 13.6. The van der Waals surface area contributed by atoms with Gasteiger partial charge in [0.15, 0.2) is 5.69 Å². The Kier molecular flexibility index (Phi) is 3.97. The Morgan fingerprint density at radius 1 is 1.28 bits per heavy atom. The molecule has 1 N–H and O–H groups in total. The molecule has 0 radical (unpaired) electrons. The van der Waals surface area contributed by atoms with Crippen molar-refractivity contribution in [3.63, 3.8) is 0 Å². The van der Waals surface area contributed by atoms with Gasteiger partial charge in [0, 0.05) is 31.9 Å². The second-order valence-electron chi connectivity index (χ2n) is 6.35. The van der Waals surface area contributed by atoms with Crippen LogP contribution in [0.2, 0.25) is 0 Å². The Hall–Kier alpha value is -2.73. The van der Waals surface area contributed by atoms with E-state index in [0.29, 0.717) is 25.3 Å². The monoisotopic (exact) mass is 338 g/mol. The molecule has 3 heterocycles. The van der Waals surface area contributed by atoms with Crippen LogP contribution in [0.15, 0.2) is 48.7 Å². The number of benzene rings is 1. The Bertz CT molecular complexity index is 922. The zero-order valence-corrected chi connectivity index (χ0v) is 13.9. The number of hydrogen-bond donors (Lipinski definition) is 1. The summed E-state index contributed by atoms with van der Waals surface area (Å²) in [5.74, 6) is -0.962. The average molecular weight is 338 g/mol. The van der Waals surface area contributed by atoms with Crippen molar-refractivity contribution in [3.8, 4) is 0 Å². The van der Waals surface area contributed by atoms with E-state index in [1.165, 1.54) is 4.40 Å². The predicted octanol–water partition coefficient (Wildman–Crippen LogP) is 2.57. The lowest BCUT2D eigenvalue weighted by Crippen LogP contribution is -2.48. The molecule has 1 aliphatic rings. The number of aromatic nitrogens is 2. The SMILES string of the molecule is Cc1ccn2c(F)c(C(=O)N3CCN[C@@H](c4ccccc4)C3)nc2c1. The molecule has 2 aromatic heterocycles. The van der Waals surface area contributed by atoms with E-state index in [2.05, 4.69) is 10.3 Å². The van der Waals surface area contributed by atoms with Crippen molar-refractivity contribution >= 4 is 11.6 Å². The summed E-state index contributed by atoms with van der Waals surface area (Å²) in [6.07, 6.45) is 1.61. The van der Waals surface area contributed by atoms with Gasteiger partial charge in [0.1, 0.15) is 5.65 Å². The number of hydrogen-bond acceptors (Lipinski definition) is 3. The van der Waals surface area contributed by atoms with Crippen LogP contribution in [-0.4, -0.2) is 39.8 Å². The zero-order valence-electron chi connectivity index (χ0n) is 13.9. The molecule has 1 aromatic carbocycles. The third-order valence-corrected chi connectivity index (χ3v) is 4.59. The van der Waals surface area contributed by atoms with Gasteiger partial charge in [-0.3, -0.25) is 9.20 Å². The molecule has 1 saturated heterocycles. The quantitative estimate of drug-likeness (QED) is 0.781. The molecule has 1 atom stereocenters. The minimum absolute atomic E-state index is 0.0428. The highest BCUT2D eigenvalue weighted by Gasteiger charge is 2.29. The lowest BCUT2D eigenvalue weighted by Gasteiger charge is -2.33. The molecule has 1 aliphatic heterocycles. The molecular formula is C19H19FN4O. The molecular weight excluding hydrogens is 319 g/mol. The van der Waals surface area contributed by atoms with E-state index in [1.807, 2.05) is 37.3 Å². The fourth-order valence-corrected chi connectivity index (χ4v) is 3.25. The summed E-state index contributed by atoms with van der Waals surface area (Å²) in [5, 5.41) is 3.41. The van der Waals surface area contributed by atoms with E-state index in [-0.39, 0.29) is 17.6 Å². The first kappa shape index (κ1) is 15.8. The standard InChI is InChI=1S/C19H19FN4O/c1-13-7-9-24-16(11-13)22-17(18(24)20)19(25)23-10-8-21-15(12-23)14-5-3-2-4-6-14/h2-7,9,11,15,21H,8,10,12H2,1H3/t15-/m1/s1. The molecule has 1 fully saturated rings. The maximum absolute atomic E-state index is 14.6. The van der Waals surface area contributed by atoms with Crippen LogP contribution in [-0.2, 0) is 0 Å². The lowest BCUT2D eigenvalue weighted by molar-refractivity contribution is 0.0692. The van der Waals surface area contributed by atoms with Gasteiger partial charge < -0.3 is 10.2 Å². The number of carbonyl (C=O) groups is 1. The largest absolute Gasteiger partial charge is 0.334 e. The van der Waals surface area contributed by atoms with Crippen molar-refractivity contribution in [2.75, 3.05) is 19.6 Å². The molecule has 25 heavy (non-hydrogen) atoms. The van der Waals surface area contributed by atoms with Crippen molar-refractivity contribution in [1.29, 1.82) is 0 Å². The van der Waals surface area contributed by atoms with E-state index in [0.717, 1.165) is 11.1 Å². The van der Waals surface area contributed by atoms with Crippen LogP contribution in [0.1, 0.15) is 27.7 Å². The molecule has 5 nitrogen and oxygen atoms in total. The van der Waals surface area contributed by atoms with Crippen molar-refractivity contribution in [2.45, 2.75) is 13.0 Å². The number of piperazine rings is 1. The van der Waals surface area contributed by atoms with Crippen LogP contribution in [0.5, 0.6) is 0 Å². The summed E-state index contributed by atoms with van der Waals surface area (Å²) in [6.45, 7) is 3.61. The van der Waals surface area contributed by atoms with E-state index in [9.17, 15) is 9.18 Å². The molecule has 3 aromatic rings. The number of fused-ring (bicyclic) bond motifs is 1. The third-order valence-electron chi connectivity index (χ3n) is 4.59. The summed E-state index contributed by atoms with van der Waals surface area (Å²) in [5.41, 5.74) is 2.43. The highest BCUT2D eigenvalue weighted by Crippen LogP contribution is 2.20. The van der Waals surface area contributed by atoms with Crippen LogP contribution in [0.25, 0.3) is 5.65 Å². The normalized spacial score (nSPS) is 17.8. The number of carbonyl (C=O) groups excluding carboxylic acids is 1. The highest BCUT2D eigenvalue weighted by molar-refractivity contribution is 5.93. The van der Waals surface area contributed by atoms with Crippen LogP contribution in [0, 0.1) is 12.9 Å². The number of imidazole rings is 1. The number of halogens is 1. The van der Waals surface area contributed by atoms with Gasteiger partial charge in [-0.15, -0.1) is 0 Å². The zero-order chi connectivity index (χ0) is 17.4. The minimum atomic E-state index is -0.602. The van der Waals surface area contributed by atoms with Crippen molar-refractivity contribution in [2.24, 2.45) is 0 Å². The van der Waals surface area contributed by atoms with Crippen LogP contribution in [0.3, 0.4) is 0 Å². The smallest absolute Gasteiger partial charge is 0.277 e. The molecule has 6 heteroatoms. The fraction of sp³-hybridized carbons (Fsp3) is 0.263. The molecule has 4 rings (SSSR count). The Morgan fingerprint density at radius 3 is 2.88 bits per heavy atom. The van der Waals surface area contributed by atoms with Gasteiger partial charge in [0.05, 0.1) is 0 Å². The van der Waals surface area contributed by atoms with Crippen LogP contribution < -0.4 is 5.32 Å². The molecule has 0 saturated carbocycles. The van der Waals surface area contributed by atoms with Crippen molar-refractivity contribution in [3.05, 3.63) is 71.4 Å². The van der Waals surface area contributed by atoms with E-state index >= 15 is 0 Å². The lowest BCUT2D eigenvalue weighted by atomic mass is 10.0. The summed E-state index contributed by atoms with van der Waals surface area (Å²) in [4.78, 5) is 18.7. The number of aryl methyl sites for hydroxylation is 1. The Labute approximate surface area is 145 Å². The summed E-state index contributed by atoms with van der Waals surface area (Å²) in [7, 11) is 0. The number of amides is 1. The summed E-state index contributed by atoms with van der Waals surface area (Å²) < 4.78 is 15.9. The maximum Gasteiger partial charge on any atom is 0.277 e. The molecule has 0 bridgehead atoms. The van der Waals surface area contributed by atoms with E-state index in [4.69, 9.17) is 0 Å². The topological polar surface area (TPSA) is 49.6 Å². The minimum Gasteiger partial charge on any atom is -0.334 e. The maximum atomic E-state index is 14.6. The van der Waals surface area contributed by atoms with Crippen LogP contribution >= 0.6 is 0 Å². The number of rotatable bonds is 2. The fourth-order valence-electron chi connectivity index (χ4n) is 3.25. The van der Waals surface area contributed by atoms with Gasteiger partial charge in [-0.1, -0.05) is 30.3 Å². The Morgan fingerprint density at radius 2 is 2.08 bits per heavy atom. The molecule has 0 unspecified atom stereocenters. The molecule has 0 aliphatic carbocycles. The van der Waals surface area contributed by atoms with E-state index < -0.39 is 5.95 Å². The van der Waals surface area contributed by atoms with Gasteiger partial charge in [0.25, 0.3) is 5.91 Å². The first-order valence-corrected chi connectivity index (χ1v) is 8.35. The van der Waals surface area contributed by atoms with Gasteiger partial charge in [-0.2, -0.15) is 4.39 Å².